The molecule has 2 rings (SSSR count). The number of hydrogen-bond acceptors (Lipinski definition) is 3. The molecule has 0 radical (unpaired) electrons. The van der Waals surface area contributed by atoms with Gasteiger partial charge in [0.05, 0.1) is 6.42 Å². The van der Waals surface area contributed by atoms with Crippen LogP contribution >= 0.6 is 11.6 Å². The van der Waals surface area contributed by atoms with E-state index in [1.165, 1.54) is 6.92 Å². The van der Waals surface area contributed by atoms with Crippen molar-refractivity contribution in [1.29, 1.82) is 0 Å². The van der Waals surface area contributed by atoms with Crippen molar-refractivity contribution >= 4 is 28.5 Å². The monoisotopic (exact) mass is 209 g/mol. The van der Waals surface area contributed by atoms with Gasteiger partial charge in [0.1, 0.15) is 11.3 Å². The molecule has 0 unspecified atom stereocenters. The molecular weight excluding hydrogens is 202 g/mol. The third-order valence-corrected chi connectivity index (χ3v) is 2.03. The van der Waals surface area contributed by atoms with Crippen molar-refractivity contribution in [3.8, 4) is 0 Å². The number of halogens is 1. The smallest absolute Gasteiger partial charge is 0.202 e. The molecule has 0 N–H and O–H groups in total. The normalized spacial score (nSPS) is 10.7. The Morgan fingerprint density at radius 2 is 2.36 bits per heavy atom. The molecule has 3 nitrogen and oxygen atoms in total. The first-order valence-corrected chi connectivity index (χ1v) is 4.57. The molecule has 0 amide bonds. The maximum Gasteiger partial charge on any atom is 0.202 e. The van der Waals surface area contributed by atoms with Crippen LogP contribution in [-0.4, -0.2) is 10.8 Å². The van der Waals surface area contributed by atoms with Crippen molar-refractivity contribution in [1.82, 2.24) is 4.98 Å². The van der Waals surface area contributed by atoms with Crippen LogP contribution in [0.3, 0.4) is 0 Å². The summed E-state index contributed by atoms with van der Waals surface area (Å²) in [5.74, 6) is 0.470. The molecule has 0 saturated heterocycles. The summed E-state index contributed by atoms with van der Waals surface area (Å²) in [6, 6.07) is 5.19. The third-order valence-electron chi connectivity index (χ3n) is 1.79. The third kappa shape index (κ3) is 1.77. The minimum absolute atomic E-state index is 0.0302. The fourth-order valence-corrected chi connectivity index (χ4v) is 1.40. The summed E-state index contributed by atoms with van der Waals surface area (Å²) in [6.45, 7) is 1.50. The lowest BCUT2D eigenvalue weighted by Crippen LogP contribution is -1.95. The van der Waals surface area contributed by atoms with E-state index in [1.54, 1.807) is 18.2 Å². The molecule has 72 valence electrons. The lowest BCUT2D eigenvalue weighted by molar-refractivity contribution is -0.116. The molecule has 0 aliphatic heterocycles. The topological polar surface area (TPSA) is 43.1 Å². The Morgan fingerprint density at radius 1 is 1.57 bits per heavy atom. The minimum Gasteiger partial charge on any atom is -0.440 e. The molecule has 0 atom stereocenters. The van der Waals surface area contributed by atoms with Crippen LogP contribution < -0.4 is 0 Å². The molecule has 0 fully saturated rings. The first-order chi connectivity index (χ1) is 6.65. The van der Waals surface area contributed by atoms with E-state index >= 15 is 0 Å². The number of benzene rings is 1. The van der Waals surface area contributed by atoms with Crippen molar-refractivity contribution in [3.05, 3.63) is 29.1 Å². The van der Waals surface area contributed by atoms with Gasteiger partial charge in [-0.1, -0.05) is 11.6 Å². The Hall–Kier alpha value is -1.35. The number of carbonyl (C=O) groups is 1. The van der Waals surface area contributed by atoms with Gasteiger partial charge in [-0.25, -0.2) is 4.98 Å². The summed E-state index contributed by atoms with van der Waals surface area (Å²) in [5.41, 5.74) is 1.35. The van der Waals surface area contributed by atoms with Crippen molar-refractivity contribution in [2.24, 2.45) is 0 Å². The van der Waals surface area contributed by atoms with Crippen LogP contribution in [0.4, 0.5) is 0 Å². The second-order valence-electron chi connectivity index (χ2n) is 3.10. The number of fused-ring (bicyclic) bond motifs is 1. The molecule has 1 aromatic carbocycles. The average molecular weight is 210 g/mol. The van der Waals surface area contributed by atoms with Gasteiger partial charge in [-0.2, -0.15) is 0 Å². The second-order valence-corrected chi connectivity index (χ2v) is 3.53. The summed E-state index contributed by atoms with van der Waals surface area (Å²) in [5, 5.41) is 0.611. The zero-order valence-electron chi connectivity index (χ0n) is 7.58. The van der Waals surface area contributed by atoms with Gasteiger partial charge < -0.3 is 4.42 Å². The average Bonchev–Trinajstić information content (AvgIpc) is 2.44. The van der Waals surface area contributed by atoms with E-state index in [1.807, 2.05) is 0 Å². The van der Waals surface area contributed by atoms with Gasteiger partial charge in [0.15, 0.2) is 5.58 Å². The van der Waals surface area contributed by atoms with E-state index in [2.05, 4.69) is 4.98 Å². The van der Waals surface area contributed by atoms with Crippen LogP contribution in [0.1, 0.15) is 12.8 Å². The Morgan fingerprint density at radius 3 is 3.07 bits per heavy atom. The van der Waals surface area contributed by atoms with E-state index in [0.29, 0.717) is 22.0 Å². The molecule has 0 aliphatic carbocycles. The van der Waals surface area contributed by atoms with Crippen LogP contribution in [-0.2, 0) is 11.2 Å². The van der Waals surface area contributed by atoms with Crippen LogP contribution in [0.2, 0.25) is 5.02 Å². The predicted octanol–water partition coefficient (Wildman–Crippen LogP) is 2.61. The molecule has 0 saturated carbocycles. The fourth-order valence-electron chi connectivity index (χ4n) is 1.24. The van der Waals surface area contributed by atoms with E-state index in [9.17, 15) is 4.79 Å². The van der Waals surface area contributed by atoms with Crippen LogP contribution in [0.15, 0.2) is 22.6 Å². The number of Topliss-reactive ketones (excluding diaryl/α,β-unsaturated/α-hetero) is 1. The maximum absolute atomic E-state index is 10.8. The van der Waals surface area contributed by atoms with Crippen molar-refractivity contribution < 1.29 is 9.21 Å². The number of rotatable bonds is 2. The fraction of sp³-hybridized carbons (Fsp3) is 0.200. The van der Waals surface area contributed by atoms with Gasteiger partial charge in [-0.3, -0.25) is 4.79 Å². The van der Waals surface area contributed by atoms with Gasteiger partial charge in [0.2, 0.25) is 5.89 Å². The molecular formula is C10H8ClNO2. The van der Waals surface area contributed by atoms with Gasteiger partial charge in [0.25, 0.3) is 0 Å². The Balaban J connectivity index is 2.46. The van der Waals surface area contributed by atoms with Crippen molar-refractivity contribution in [2.45, 2.75) is 13.3 Å². The lowest BCUT2D eigenvalue weighted by atomic mass is 10.3. The summed E-state index contributed by atoms with van der Waals surface area (Å²) >= 11 is 5.79. The van der Waals surface area contributed by atoms with E-state index in [0.717, 1.165) is 0 Å². The summed E-state index contributed by atoms with van der Waals surface area (Å²) in [4.78, 5) is 15.0. The quantitative estimate of drug-likeness (QED) is 0.764. The highest BCUT2D eigenvalue weighted by atomic mass is 35.5. The molecule has 0 aliphatic rings. The number of hydrogen-bond donors (Lipinski definition) is 0. The van der Waals surface area contributed by atoms with Crippen LogP contribution in [0.25, 0.3) is 11.1 Å². The Kier molecular flexibility index (Phi) is 2.25. The number of oxazole rings is 1. The molecule has 1 heterocycles. The number of nitrogens with zero attached hydrogens (tertiary/aromatic N) is 1. The summed E-state index contributed by atoms with van der Waals surface area (Å²) in [7, 11) is 0. The first kappa shape index (κ1) is 9.21. The number of ketones is 1. The largest absolute Gasteiger partial charge is 0.440 e. The molecule has 2 aromatic rings. The number of aromatic nitrogens is 1. The van der Waals surface area contributed by atoms with Crippen LogP contribution in [0.5, 0.6) is 0 Å². The van der Waals surface area contributed by atoms with Gasteiger partial charge in [-0.05, 0) is 25.1 Å². The molecule has 4 heteroatoms. The Bertz CT molecular complexity index is 490. The lowest BCUT2D eigenvalue weighted by Gasteiger charge is -1.86. The van der Waals surface area contributed by atoms with E-state index in [-0.39, 0.29) is 12.2 Å². The van der Waals surface area contributed by atoms with Gasteiger partial charge in [-0.15, -0.1) is 0 Å². The highest BCUT2D eigenvalue weighted by Crippen LogP contribution is 2.20. The van der Waals surface area contributed by atoms with Crippen molar-refractivity contribution in [3.63, 3.8) is 0 Å². The SMILES string of the molecule is CC(=O)Cc1nc2cc(Cl)ccc2o1. The van der Waals surface area contributed by atoms with E-state index < -0.39 is 0 Å². The molecule has 1 aromatic heterocycles. The van der Waals surface area contributed by atoms with Gasteiger partial charge >= 0.3 is 0 Å². The minimum atomic E-state index is 0.0302. The van der Waals surface area contributed by atoms with E-state index in [4.69, 9.17) is 16.0 Å². The summed E-state index contributed by atoms with van der Waals surface area (Å²) < 4.78 is 5.34. The maximum atomic E-state index is 10.8. The highest BCUT2D eigenvalue weighted by Gasteiger charge is 2.07. The molecule has 0 bridgehead atoms. The van der Waals surface area contributed by atoms with Gasteiger partial charge in [0, 0.05) is 5.02 Å². The second kappa shape index (κ2) is 3.42. The predicted molar refractivity (Wildman–Crippen MR) is 53.4 cm³/mol. The highest BCUT2D eigenvalue weighted by molar-refractivity contribution is 6.31. The van der Waals surface area contributed by atoms with Crippen LogP contribution in [0, 0.1) is 0 Å². The van der Waals surface area contributed by atoms with Crippen molar-refractivity contribution in [2.75, 3.05) is 0 Å². The number of carbonyl (C=O) groups excluding carboxylic acids is 1. The standard InChI is InChI=1S/C10H8ClNO2/c1-6(13)4-10-12-8-5-7(11)2-3-9(8)14-10/h2-3,5H,4H2,1H3. The summed E-state index contributed by atoms with van der Waals surface area (Å²) in [6.07, 6.45) is 0.228. The molecule has 14 heavy (non-hydrogen) atoms. The first-order valence-electron chi connectivity index (χ1n) is 4.19. The Labute approximate surface area is 85.7 Å². The zero-order valence-corrected chi connectivity index (χ0v) is 8.34. The molecule has 0 spiro atoms. The zero-order chi connectivity index (χ0) is 10.1.